The maximum Gasteiger partial charge on any atom is 0.229 e. The first-order valence-electron chi connectivity index (χ1n) is 5.29. The predicted octanol–water partition coefficient (Wildman–Crippen LogP) is 2.54. The third kappa shape index (κ3) is 2.88. The van der Waals surface area contributed by atoms with E-state index in [-0.39, 0.29) is 12.0 Å². The number of nitrogens with zero attached hydrogens (tertiary/aromatic N) is 1. The molecule has 1 aromatic heterocycles. The summed E-state index contributed by atoms with van der Waals surface area (Å²) in [5, 5.41) is 2.53. The van der Waals surface area contributed by atoms with E-state index in [9.17, 15) is 13.6 Å². The zero-order valence-electron chi connectivity index (χ0n) is 9.36. The van der Waals surface area contributed by atoms with E-state index in [1.807, 2.05) is 0 Å². The van der Waals surface area contributed by atoms with E-state index in [0.717, 1.165) is 12.1 Å². The maximum absolute atomic E-state index is 13.3. The van der Waals surface area contributed by atoms with E-state index in [4.69, 9.17) is 0 Å². The number of anilines is 1. The van der Waals surface area contributed by atoms with Crippen LogP contribution >= 0.6 is 0 Å². The first kappa shape index (κ1) is 12.2. The molecule has 0 spiro atoms. The average Bonchev–Trinajstić information content (AvgIpc) is 2.35. The van der Waals surface area contributed by atoms with Crippen LogP contribution in [0, 0.1) is 11.6 Å². The molecule has 0 radical (unpaired) electrons. The van der Waals surface area contributed by atoms with Gasteiger partial charge in [-0.2, -0.15) is 0 Å². The van der Waals surface area contributed by atoms with Gasteiger partial charge in [-0.3, -0.25) is 9.78 Å². The predicted molar refractivity (Wildman–Crippen MR) is 62.9 cm³/mol. The molecule has 1 heterocycles. The minimum atomic E-state index is -0.722. The zero-order valence-corrected chi connectivity index (χ0v) is 9.36. The molecule has 2 rings (SSSR count). The van der Waals surface area contributed by atoms with Crippen LogP contribution in [0.25, 0.3) is 0 Å². The van der Waals surface area contributed by atoms with Crippen LogP contribution in [0.5, 0.6) is 0 Å². The van der Waals surface area contributed by atoms with Crippen molar-refractivity contribution in [2.45, 2.75) is 6.42 Å². The molecule has 1 amide bonds. The summed E-state index contributed by atoms with van der Waals surface area (Å²) in [5.74, 6) is -1.93. The van der Waals surface area contributed by atoms with E-state index < -0.39 is 17.5 Å². The van der Waals surface area contributed by atoms with Gasteiger partial charge in [0.25, 0.3) is 0 Å². The summed E-state index contributed by atoms with van der Waals surface area (Å²) in [6, 6.07) is 6.69. The molecule has 18 heavy (non-hydrogen) atoms. The number of pyridine rings is 1. The molecular weight excluding hydrogens is 238 g/mol. The van der Waals surface area contributed by atoms with Gasteiger partial charge in [0.05, 0.1) is 6.42 Å². The lowest BCUT2D eigenvalue weighted by molar-refractivity contribution is -0.115. The Morgan fingerprint density at radius 3 is 2.33 bits per heavy atom. The van der Waals surface area contributed by atoms with Crippen molar-refractivity contribution in [3.8, 4) is 0 Å². The Hall–Kier alpha value is -2.30. The van der Waals surface area contributed by atoms with Gasteiger partial charge >= 0.3 is 0 Å². The maximum atomic E-state index is 13.3. The Balaban J connectivity index is 2.08. The Bertz CT molecular complexity index is 538. The lowest BCUT2D eigenvalue weighted by Crippen LogP contribution is -2.16. The van der Waals surface area contributed by atoms with Crippen LogP contribution in [0.15, 0.2) is 42.7 Å². The summed E-state index contributed by atoms with van der Waals surface area (Å²) in [6.45, 7) is 0. The fraction of sp³-hybridized carbons (Fsp3) is 0.0769. The quantitative estimate of drug-likeness (QED) is 0.906. The van der Waals surface area contributed by atoms with Crippen LogP contribution < -0.4 is 5.32 Å². The lowest BCUT2D eigenvalue weighted by atomic mass is 10.1. The van der Waals surface area contributed by atoms with E-state index in [0.29, 0.717) is 5.69 Å². The minimum Gasteiger partial charge on any atom is -0.326 e. The Morgan fingerprint density at radius 1 is 1.11 bits per heavy atom. The number of hydrogen-bond acceptors (Lipinski definition) is 2. The lowest BCUT2D eigenvalue weighted by Gasteiger charge is -2.06. The van der Waals surface area contributed by atoms with Gasteiger partial charge in [0, 0.05) is 23.6 Å². The SMILES string of the molecule is O=C(Cc1c(F)cccc1F)Nc1ccncc1. The molecule has 1 aromatic carbocycles. The summed E-state index contributed by atoms with van der Waals surface area (Å²) >= 11 is 0. The van der Waals surface area contributed by atoms with Crippen molar-refractivity contribution in [3.05, 3.63) is 59.9 Å². The summed E-state index contributed by atoms with van der Waals surface area (Å²) in [4.78, 5) is 15.4. The van der Waals surface area contributed by atoms with E-state index in [1.54, 1.807) is 12.1 Å². The smallest absolute Gasteiger partial charge is 0.229 e. The number of rotatable bonds is 3. The summed E-state index contributed by atoms with van der Waals surface area (Å²) in [7, 11) is 0. The Kier molecular flexibility index (Phi) is 3.62. The van der Waals surface area contributed by atoms with Crippen LogP contribution in [-0.4, -0.2) is 10.9 Å². The van der Waals surface area contributed by atoms with Crippen molar-refractivity contribution < 1.29 is 13.6 Å². The highest BCUT2D eigenvalue weighted by molar-refractivity contribution is 5.92. The third-order valence-corrected chi connectivity index (χ3v) is 2.36. The second-order valence-electron chi connectivity index (χ2n) is 3.66. The second kappa shape index (κ2) is 5.35. The van der Waals surface area contributed by atoms with E-state index >= 15 is 0 Å². The molecular formula is C13H10F2N2O. The minimum absolute atomic E-state index is 0.232. The summed E-state index contributed by atoms with van der Waals surface area (Å²) < 4.78 is 26.6. The molecule has 0 aliphatic rings. The number of halogens is 2. The molecule has 0 fully saturated rings. The highest BCUT2D eigenvalue weighted by Crippen LogP contribution is 2.13. The molecule has 5 heteroatoms. The van der Waals surface area contributed by atoms with Crippen molar-refractivity contribution in [2.75, 3.05) is 5.32 Å². The third-order valence-electron chi connectivity index (χ3n) is 2.36. The molecule has 1 N–H and O–H groups in total. The standard InChI is InChI=1S/C13H10F2N2O/c14-11-2-1-3-12(15)10(11)8-13(18)17-9-4-6-16-7-5-9/h1-7H,8H2,(H,16,17,18). The number of aromatic nitrogens is 1. The van der Waals surface area contributed by atoms with Crippen molar-refractivity contribution in [1.29, 1.82) is 0 Å². The number of nitrogens with one attached hydrogen (secondary N) is 1. The summed E-state index contributed by atoms with van der Waals surface area (Å²) in [6.07, 6.45) is 2.68. The van der Waals surface area contributed by atoms with Crippen molar-refractivity contribution in [1.82, 2.24) is 4.98 Å². The second-order valence-corrected chi connectivity index (χ2v) is 3.66. The van der Waals surface area contributed by atoms with Crippen molar-refractivity contribution in [2.24, 2.45) is 0 Å². The highest BCUT2D eigenvalue weighted by atomic mass is 19.1. The average molecular weight is 248 g/mol. The van der Waals surface area contributed by atoms with Gasteiger partial charge in [0.1, 0.15) is 11.6 Å². The molecule has 92 valence electrons. The fourth-order valence-electron chi connectivity index (χ4n) is 1.50. The number of carbonyl (C=O) groups is 1. The molecule has 0 unspecified atom stereocenters. The largest absolute Gasteiger partial charge is 0.326 e. The van der Waals surface area contributed by atoms with Crippen molar-refractivity contribution >= 4 is 11.6 Å². The number of hydrogen-bond donors (Lipinski definition) is 1. The van der Waals surface area contributed by atoms with Gasteiger partial charge in [0.2, 0.25) is 5.91 Å². The van der Waals surface area contributed by atoms with Gasteiger partial charge in [-0.1, -0.05) is 6.07 Å². The molecule has 0 atom stereocenters. The molecule has 2 aromatic rings. The van der Waals surface area contributed by atoms with Gasteiger partial charge in [0.15, 0.2) is 0 Å². The number of benzene rings is 1. The molecule has 0 saturated carbocycles. The zero-order chi connectivity index (χ0) is 13.0. The normalized spacial score (nSPS) is 10.1. The number of amides is 1. The van der Waals surface area contributed by atoms with Crippen LogP contribution in [0.1, 0.15) is 5.56 Å². The van der Waals surface area contributed by atoms with E-state index in [2.05, 4.69) is 10.3 Å². The van der Waals surface area contributed by atoms with E-state index in [1.165, 1.54) is 18.5 Å². The Morgan fingerprint density at radius 2 is 1.72 bits per heavy atom. The van der Waals surface area contributed by atoms with Gasteiger partial charge in [-0.05, 0) is 24.3 Å². The first-order chi connectivity index (χ1) is 8.66. The first-order valence-corrected chi connectivity index (χ1v) is 5.29. The molecule has 0 aliphatic carbocycles. The summed E-state index contributed by atoms with van der Waals surface area (Å²) in [5.41, 5.74) is 0.302. The van der Waals surface area contributed by atoms with Crippen LogP contribution in [0.4, 0.5) is 14.5 Å². The molecule has 3 nitrogen and oxygen atoms in total. The van der Waals surface area contributed by atoms with Crippen LogP contribution in [0.2, 0.25) is 0 Å². The van der Waals surface area contributed by atoms with Crippen molar-refractivity contribution in [3.63, 3.8) is 0 Å². The van der Waals surface area contributed by atoms with Crippen LogP contribution in [-0.2, 0) is 11.2 Å². The number of carbonyl (C=O) groups excluding carboxylic acids is 1. The van der Waals surface area contributed by atoms with Gasteiger partial charge in [-0.25, -0.2) is 8.78 Å². The topological polar surface area (TPSA) is 42.0 Å². The van der Waals surface area contributed by atoms with Crippen LogP contribution in [0.3, 0.4) is 0 Å². The molecule has 0 aliphatic heterocycles. The van der Waals surface area contributed by atoms with Gasteiger partial charge < -0.3 is 5.32 Å². The highest BCUT2D eigenvalue weighted by Gasteiger charge is 2.12. The fourth-order valence-corrected chi connectivity index (χ4v) is 1.50. The Labute approximate surface area is 102 Å². The monoisotopic (exact) mass is 248 g/mol. The molecule has 0 saturated heterocycles. The van der Waals surface area contributed by atoms with Gasteiger partial charge in [-0.15, -0.1) is 0 Å². The molecule has 0 bridgehead atoms.